The third-order valence-corrected chi connectivity index (χ3v) is 4.88. The maximum absolute atomic E-state index is 12.9. The number of nitrogens with zero attached hydrogens (tertiary/aromatic N) is 1. The SMILES string of the molecule is CCCCN1C[C@H](C(=O)Nc2ccc(C(=O)Nc3ccc(F)cc3)cc2)CC1=O. The summed E-state index contributed by atoms with van der Waals surface area (Å²) in [7, 11) is 0. The summed E-state index contributed by atoms with van der Waals surface area (Å²) in [5.41, 5.74) is 1.47. The Morgan fingerprint density at radius 1 is 1.03 bits per heavy atom. The van der Waals surface area contributed by atoms with Crippen molar-refractivity contribution in [3.63, 3.8) is 0 Å². The first-order valence-electron chi connectivity index (χ1n) is 9.72. The molecule has 1 fully saturated rings. The maximum atomic E-state index is 12.9. The van der Waals surface area contributed by atoms with Crippen LogP contribution in [0.3, 0.4) is 0 Å². The van der Waals surface area contributed by atoms with E-state index in [1.165, 1.54) is 24.3 Å². The van der Waals surface area contributed by atoms with E-state index >= 15 is 0 Å². The van der Waals surface area contributed by atoms with Gasteiger partial charge < -0.3 is 15.5 Å². The molecule has 152 valence electrons. The molecule has 2 N–H and O–H groups in total. The molecule has 1 aliphatic heterocycles. The molecule has 0 aromatic heterocycles. The molecule has 0 aliphatic carbocycles. The smallest absolute Gasteiger partial charge is 0.255 e. The second-order valence-corrected chi connectivity index (χ2v) is 7.12. The number of hydrogen-bond acceptors (Lipinski definition) is 3. The van der Waals surface area contributed by atoms with Crippen LogP contribution in [0.5, 0.6) is 0 Å². The van der Waals surface area contributed by atoms with Crippen LogP contribution in [0, 0.1) is 11.7 Å². The molecule has 1 saturated heterocycles. The van der Waals surface area contributed by atoms with Gasteiger partial charge in [0, 0.05) is 36.4 Å². The Bertz CT molecular complexity index is 881. The predicted octanol–water partition coefficient (Wildman–Crippen LogP) is 3.67. The molecule has 6 nitrogen and oxygen atoms in total. The molecule has 2 aromatic rings. The van der Waals surface area contributed by atoms with Crippen LogP contribution >= 0.6 is 0 Å². The van der Waals surface area contributed by atoms with Crippen LogP contribution in [0.1, 0.15) is 36.5 Å². The van der Waals surface area contributed by atoms with E-state index in [0.29, 0.717) is 30.0 Å². The van der Waals surface area contributed by atoms with Crippen molar-refractivity contribution in [1.82, 2.24) is 4.90 Å². The van der Waals surface area contributed by atoms with Gasteiger partial charge in [-0.1, -0.05) is 13.3 Å². The summed E-state index contributed by atoms with van der Waals surface area (Å²) < 4.78 is 12.9. The third-order valence-electron chi connectivity index (χ3n) is 4.88. The molecule has 1 aliphatic rings. The summed E-state index contributed by atoms with van der Waals surface area (Å²) in [5, 5.41) is 5.49. The van der Waals surface area contributed by atoms with Crippen LogP contribution in [0.25, 0.3) is 0 Å². The van der Waals surface area contributed by atoms with E-state index < -0.39 is 0 Å². The highest BCUT2D eigenvalue weighted by atomic mass is 19.1. The van der Waals surface area contributed by atoms with E-state index in [1.54, 1.807) is 29.2 Å². The van der Waals surface area contributed by atoms with E-state index in [-0.39, 0.29) is 35.9 Å². The molecule has 0 bridgehead atoms. The van der Waals surface area contributed by atoms with Crippen LogP contribution in [0.15, 0.2) is 48.5 Å². The minimum absolute atomic E-state index is 0.0198. The van der Waals surface area contributed by atoms with Gasteiger partial charge in [0.05, 0.1) is 5.92 Å². The van der Waals surface area contributed by atoms with Crippen LogP contribution < -0.4 is 10.6 Å². The van der Waals surface area contributed by atoms with Gasteiger partial charge in [0.1, 0.15) is 5.82 Å². The summed E-state index contributed by atoms with van der Waals surface area (Å²) in [5.74, 6) is -1.24. The number of rotatable bonds is 7. The molecule has 3 rings (SSSR count). The van der Waals surface area contributed by atoms with Gasteiger partial charge >= 0.3 is 0 Å². The van der Waals surface area contributed by atoms with Crippen LogP contribution in [-0.2, 0) is 9.59 Å². The lowest BCUT2D eigenvalue weighted by Gasteiger charge is -2.16. The number of anilines is 2. The molecule has 0 radical (unpaired) electrons. The Hall–Kier alpha value is -3.22. The summed E-state index contributed by atoms with van der Waals surface area (Å²) >= 11 is 0. The zero-order valence-electron chi connectivity index (χ0n) is 16.3. The Morgan fingerprint density at radius 3 is 2.31 bits per heavy atom. The van der Waals surface area contributed by atoms with Crippen LogP contribution in [0.2, 0.25) is 0 Å². The van der Waals surface area contributed by atoms with Crippen molar-refractivity contribution in [2.75, 3.05) is 23.7 Å². The van der Waals surface area contributed by atoms with Gasteiger partial charge in [-0.25, -0.2) is 4.39 Å². The Kier molecular flexibility index (Phi) is 6.59. The van der Waals surface area contributed by atoms with Crippen molar-refractivity contribution in [3.8, 4) is 0 Å². The second kappa shape index (κ2) is 9.32. The Balaban J connectivity index is 1.55. The average molecular weight is 397 g/mol. The molecular weight excluding hydrogens is 373 g/mol. The minimum atomic E-state index is -0.374. The van der Waals surface area contributed by atoms with Crippen molar-refractivity contribution in [2.45, 2.75) is 26.2 Å². The quantitative estimate of drug-likeness (QED) is 0.748. The zero-order chi connectivity index (χ0) is 20.8. The summed E-state index contributed by atoms with van der Waals surface area (Å²) in [6, 6.07) is 12.0. The van der Waals surface area contributed by atoms with Crippen molar-refractivity contribution in [1.29, 1.82) is 0 Å². The number of nitrogens with one attached hydrogen (secondary N) is 2. The van der Waals surface area contributed by atoms with Crippen molar-refractivity contribution >= 4 is 29.1 Å². The van der Waals surface area contributed by atoms with E-state index in [2.05, 4.69) is 17.6 Å². The monoisotopic (exact) mass is 397 g/mol. The highest BCUT2D eigenvalue weighted by Crippen LogP contribution is 2.21. The molecule has 2 aromatic carbocycles. The van der Waals surface area contributed by atoms with Gasteiger partial charge in [-0.3, -0.25) is 14.4 Å². The van der Waals surface area contributed by atoms with Crippen LogP contribution in [0.4, 0.5) is 15.8 Å². The molecule has 1 heterocycles. The second-order valence-electron chi connectivity index (χ2n) is 7.12. The van der Waals surface area contributed by atoms with E-state index in [0.717, 1.165) is 12.8 Å². The molecule has 0 unspecified atom stereocenters. The number of carbonyl (C=O) groups is 3. The summed E-state index contributed by atoms with van der Waals surface area (Å²) in [6.07, 6.45) is 2.16. The molecule has 3 amide bonds. The molecule has 0 spiro atoms. The lowest BCUT2D eigenvalue weighted by molar-refractivity contribution is -0.128. The molecule has 29 heavy (non-hydrogen) atoms. The lowest BCUT2D eigenvalue weighted by Crippen LogP contribution is -2.29. The van der Waals surface area contributed by atoms with Gasteiger partial charge in [-0.05, 0) is 55.0 Å². The molecule has 1 atom stereocenters. The normalized spacial score (nSPS) is 16.0. The Labute approximate surface area is 169 Å². The summed E-state index contributed by atoms with van der Waals surface area (Å²) in [6.45, 7) is 3.20. The lowest BCUT2D eigenvalue weighted by atomic mass is 10.1. The van der Waals surface area contributed by atoms with E-state index in [9.17, 15) is 18.8 Å². The predicted molar refractivity (Wildman–Crippen MR) is 109 cm³/mol. The number of unbranched alkanes of at least 4 members (excludes halogenated alkanes) is 1. The van der Waals surface area contributed by atoms with Gasteiger partial charge in [0.15, 0.2) is 0 Å². The van der Waals surface area contributed by atoms with Gasteiger partial charge in [-0.15, -0.1) is 0 Å². The summed E-state index contributed by atoms with van der Waals surface area (Å²) in [4.78, 5) is 38.5. The average Bonchev–Trinajstić information content (AvgIpc) is 3.09. The molecule has 7 heteroatoms. The fourth-order valence-electron chi connectivity index (χ4n) is 3.20. The first-order valence-corrected chi connectivity index (χ1v) is 9.72. The van der Waals surface area contributed by atoms with Gasteiger partial charge in [-0.2, -0.15) is 0 Å². The maximum Gasteiger partial charge on any atom is 0.255 e. The van der Waals surface area contributed by atoms with Gasteiger partial charge in [0.25, 0.3) is 5.91 Å². The van der Waals surface area contributed by atoms with Crippen molar-refractivity contribution in [2.24, 2.45) is 5.92 Å². The fourth-order valence-corrected chi connectivity index (χ4v) is 3.20. The highest BCUT2D eigenvalue weighted by Gasteiger charge is 2.33. The Morgan fingerprint density at radius 2 is 1.66 bits per heavy atom. The van der Waals surface area contributed by atoms with Crippen molar-refractivity contribution in [3.05, 3.63) is 59.9 Å². The van der Waals surface area contributed by atoms with E-state index in [1.807, 2.05) is 0 Å². The largest absolute Gasteiger partial charge is 0.342 e. The fraction of sp³-hybridized carbons (Fsp3) is 0.318. The van der Waals surface area contributed by atoms with E-state index in [4.69, 9.17) is 0 Å². The first-order chi connectivity index (χ1) is 14.0. The number of benzene rings is 2. The number of carbonyl (C=O) groups excluding carboxylic acids is 3. The highest BCUT2D eigenvalue weighted by molar-refractivity contribution is 6.04. The van der Waals surface area contributed by atoms with Crippen LogP contribution in [-0.4, -0.2) is 35.7 Å². The molecule has 0 saturated carbocycles. The standard InChI is InChI=1S/C22H24FN3O3/c1-2-3-12-26-14-16(13-20(26)27)22(29)25-18-8-4-15(5-9-18)21(28)24-19-10-6-17(23)7-11-19/h4-11,16H,2-3,12-14H2,1H3,(H,24,28)(H,25,29)/t16-/m1/s1. The zero-order valence-corrected chi connectivity index (χ0v) is 16.3. The first kappa shape index (κ1) is 20.5. The number of hydrogen-bond donors (Lipinski definition) is 2. The molecular formula is C22H24FN3O3. The number of amides is 3. The number of halogens is 1. The topological polar surface area (TPSA) is 78.5 Å². The van der Waals surface area contributed by atoms with Gasteiger partial charge in [0.2, 0.25) is 11.8 Å². The third kappa shape index (κ3) is 5.40. The number of likely N-dealkylation sites (tertiary alicyclic amines) is 1. The minimum Gasteiger partial charge on any atom is -0.342 e. The van der Waals surface area contributed by atoms with Crippen molar-refractivity contribution < 1.29 is 18.8 Å².